The van der Waals surface area contributed by atoms with Crippen molar-refractivity contribution in [3.05, 3.63) is 30.3 Å². The SMILES string of the molecule is c1ccc(N2OCOO2)cc1. The minimum absolute atomic E-state index is 0.134. The average molecular weight is 153 g/mol. The maximum absolute atomic E-state index is 4.93. The molecule has 4 heteroatoms. The first-order chi connectivity index (χ1) is 5.47. The normalized spacial score (nSPS) is 17.3. The van der Waals surface area contributed by atoms with Gasteiger partial charge in [-0.3, -0.25) is 0 Å². The van der Waals surface area contributed by atoms with E-state index in [1.54, 1.807) is 0 Å². The van der Waals surface area contributed by atoms with Gasteiger partial charge in [-0.1, -0.05) is 28.4 Å². The molecule has 11 heavy (non-hydrogen) atoms. The monoisotopic (exact) mass is 153 g/mol. The van der Waals surface area contributed by atoms with E-state index in [2.05, 4.69) is 9.88 Å². The van der Waals surface area contributed by atoms with E-state index in [1.165, 1.54) is 5.23 Å². The Hall–Kier alpha value is -1.10. The predicted octanol–water partition coefficient (Wildman–Crippen LogP) is 1.26. The van der Waals surface area contributed by atoms with Gasteiger partial charge in [0.15, 0.2) is 0 Å². The van der Waals surface area contributed by atoms with Gasteiger partial charge in [-0.25, -0.2) is 4.84 Å². The van der Waals surface area contributed by atoms with Crippen LogP contribution >= 0.6 is 0 Å². The van der Waals surface area contributed by atoms with E-state index in [9.17, 15) is 0 Å². The van der Waals surface area contributed by atoms with Crippen molar-refractivity contribution in [2.75, 3.05) is 12.0 Å². The van der Waals surface area contributed by atoms with E-state index in [-0.39, 0.29) is 6.79 Å². The lowest BCUT2D eigenvalue weighted by Crippen LogP contribution is -2.13. The number of nitrogens with zero attached hydrogens (tertiary/aromatic N) is 1. The largest absolute Gasteiger partial charge is 0.214 e. The molecule has 1 aromatic carbocycles. The molecule has 1 aromatic rings. The van der Waals surface area contributed by atoms with Crippen molar-refractivity contribution in [3.8, 4) is 0 Å². The first-order valence-electron chi connectivity index (χ1n) is 3.24. The highest BCUT2D eigenvalue weighted by Crippen LogP contribution is 2.17. The Balaban J connectivity index is 2.16. The van der Waals surface area contributed by atoms with Gasteiger partial charge in [0.2, 0.25) is 6.79 Å². The van der Waals surface area contributed by atoms with Crippen LogP contribution in [0.4, 0.5) is 5.69 Å². The third-order valence-electron chi connectivity index (χ3n) is 1.31. The summed E-state index contributed by atoms with van der Waals surface area (Å²) in [5, 5.41) is 1.22. The summed E-state index contributed by atoms with van der Waals surface area (Å²) in [5.41, 5.74) is 0.810. The topological polar surface area (TPSA) is 30.9 Å². The summed E-state index contributed by atoms with van der Waals surface area (Å²) in [6, 6.07) is 9.41. The van der Waals surface area contributed by atoms with Gasteiger partial charge in [-0.05, 0) is 12.1 Å². The molecule has 0 bridgehead atoms. The van der Waals surface area contributed by atoms with Crippen molar-refractivity contribution >= 4 is 5.69 Å². The molecule has 0 aromatic heterocycles. The summed E-state index contributed by atoms with van der Waals surface area (Å²) >= 11 is 0. The highest BCUT2D eigenvalue weighted by Gasteiger charge is 2.14. The molecule has 4 nitrogen and oxygen atoms in total. The second-order valence-corrected chi connectivity index (χ2v) is 2.03. The molecule has 2 rings (SSSR count). The lowest BCUT2D eigenvalue weighted by atomic mass is 10.3. The molecule has 0 amide bonds. The zero-order chi connectivity index (χ0) is 7.52. The number of hydrogen-bond acceptors (Lipinski definition) is 4. The third kappa shape index (κ3) is 1.32. The Kier molecular flexibility index (Phi) is 1.72. The molecule has 58 valence electrons. The molecule has 1 saturated heterocycles. The van der Waals surface area contributed by atoms with Crippen LogP contribution in [0.3, 0.4) is 0 Å². The van der Waals surface area contributed by atoms with Crippen molar-refractivity contribution in [2.24, 2.45) is 0 Å². The fourth-order valence-corrected chi connectivity index (χ4v) is 0.828. The zero-order valence-corrected chi connectivity index (χ0v) is 5.77. The number of benzene rings is 1. The second-order valence-electron chi connectivity index (χ2n) is 2.03. The number of hydrogen-bond donors (Lipinski definition) is 0. The van der Waals surface area contributed by atoms with Crippen LogP contribution in [0.25, 0.3) is 0 Å². The number of para-hydroxylation sites is 1. The summed E-state index contributed by atoms with van der Waals surface area (Å²) in [5.74, 6) is 0. The molecule has 1 heterocycles. The van der Waals surface area contributed by atoms with E-state index >= 15 is 0 Å². The van der Waals surface area contributed by atoms with E-state index in [0.29, 0.717) is 0 Å². The van der Waals surface area contributed by atoms with Crippen LogP contribution < -0.4 is 5.23 Å². The molecule has 0 spiro atoms. The molecule has 1 fully saturated rings. The van der Waals surface area contributed by atoms with E-state index < -0.39 is 0 Å². The third-order valence-corrected chi connectivity index (χ3v) is 1.31. The lowest BCUT2D eigenvalue weighted by molar-refractivity contribution is -0.258. The minimum Gasteiger partial charge on any atom is -0.214 e. The Morgan fingerprint density at radius 1 is 1.18 bits per heavy atom. The quantitative estimate of drug-likeness (QED) is 0.568. The fourth-order valence-electron chi connectivity index (χ4n) is 0.828. The van der Waals surface area contributed by atoms with Crippen molar-refractivity contribution in [1.82, 2.24) is 0 Å². The summed E-state index contributed by atoms with van der Waals surface area (Å²) < 4.78 is 0. The zero-order valence-electron chi connectivity index (χ0n) is 5.77. The molecule has 0 unspecified atom stereocenters. The van der Waals surface area contributed by atoms with Gasteiger partial charge < -0.3 is 0 Å². The summed E-state index contributed by atoms with van der Waals surface area (Å²) in [6.07, 6.45) is 0. The maximum atomic E-state index is 4.93. The van der Waals surface area contributed by atoms with Crippen LogP contribution in [0.15, 0.2) is 30.3 Å². The summed E-state index contributed by atoms with van der Waals surface area (Å²) in [4.78, 5) is 14.1. The van der Waals surface area contributed by atoms with Gasteiger partial charge in [0.25, 0.3) is 0 Å². The van der Waals surface area contributed by atoms with E-state index in [1.807, 2.05) is 30.3 Å². The molecule has 0 radical (unpaired) electrons. The van der Waals surface area contributed by atoms with Gasteiger partial charge in [0.05, 0.1) is 5.69 Å². The summed E-state index contributed by atoms with van der Waals surface area (Å²) in [6.45, 7) is 0.134. The number of anilines is 1. The lowest BCUT2D eigenvalue weighted by Gasteiger charge is -2.08. The van der Waals surface area contributed by atoms with Crippen molar-refractivity contribution < 1.29 is 14.7 Å². The maximum Gasteiger partial charge on any atom is 0.212 e. The molecular weight excluding hydrogens is 146 g/mol. The van der Waals surface area contributed by atoms with Gasteiger partial charge in [0, 0.05) is 0 Å². The Bertz CT molecular complexity index is 220. The van der Waals surface area contributed by atoms with Crippen molar-refractivity contribution in [1.29, 1.82) is 0 Å². The Labute approximate surface area is 63.7 Å². The van der Waals surface area contributed by atoms with E-state index in [4.69, 9.17) is 4.84 Å². The molecule has 1 aliphatic heterocycles. The summed E-state index contributed by atoms with van der Waals surface area (Å²) in [7, 11) is 0. The number of rotatable bonds is 1. The highest BCUT2D eigenvalue weighted by atomic mass is 17.4. The molecular formula is C7H7NO3. The second kappa shape index (κ2) is 2.87. The van der Waals surface area contributed by atoms with Crippen molar-refractivity contribution in [3.63, 3.8) is 0 Å². The van der Waals surface area contributed by atoms with Crippen LogP contribution in [0.1, 0.15) is 0 Å². The highest BCUT2D eigenvalue weighted by molar-refractivity contribution is 5.40. The molecule has 0 saturated carbocycles. The minimum atomic E-state index is 0.134. The molecule has 0 atom stereocenters. The van der Waals surface area contributed by atoms with Crippen LogP contribution in [0.2, 0.25) is 0 Å². The van der Waals surface area contributed by atoms with Crippen molar-refractivity contribution in [2.45, 2.75) is 0 Å². The van der Waals surface area contributed by atoms with Crippen LogP contribution in [0.5, 0.6) is 0 Å². The smallest absolute Gasteiger partial charge is 0.212 e. The van der Waals surface area contributed by atoms with Crippen LogP contribution in [0, 0.1) is 0 Å². The first-order valence-corrected chi connectivity index (χ1v) is 3.24. The predicted molar refractivity (Wildman–Crippen MR) is 37.0 cm³/mol. The standard InChI is InChI=1S/C7H7NO3/c1-2-4-7(5-3-1)8-9-6-10-11-8/h1-5H,6H2. The van der Waals surface area contributed by atoms with Crippen LogP contribution in [-0.4, -0.2) is 6.79 Å². The fraction of sp³-hybridized carbons (Fsp3) is 0.143. The van der Waals surface area contributed by atoms with E-state index in [0.717, 1.165) is 5.69 Å². The Morgan fingerprint density at radius 2 is 2.00 bits per heavy atom. The van der Waals surface area contributed by atoms with Gasteiger partial charge in [0.1, 0.15) is 0 Å². The molecule has 0 aliphatic carbocycles. The molecule has 0 N–H and O–H groups in total. The Morgan fingerprint density at radius 3 is 2.64 bits per heavy atom. The average Bonchev–Trinajstić information content (AvgIpc) is 2.58. The molecule has 1 aliphatic rings. The first kappa shape index (κ1) is 6.60. The van der Waals surface area contributed by atoms with Gasteiger partial charge in [-0.2, -0.15) is 4.89 Å². The van der Waals surface area contributed by atoms with Crippen LogP contribution in [-0.2, 0) is 14.7 Å². The van der Waals surface area contributed by atoms with Gasteiger partial charge in [-0.15, -0.1) is 0 Å². The van der Waals surface area contributed by atoms with Gasteiger partial charge >= 0.3 is 0 Å².